The number of nitrogens with zero attached hydrogens (tertiary/aromatic N) is 1. The number of amides is 2. The minimum Gasteiger partial charge on any atom is -0.467 e. The Hall–Kier alpha value is -2.27. The Morgan fingerprint density at radius 1 is 1.43 bits per heavy atom. The van der Waals surface area contributed by atoms with Gasteiger partial charge >= 0.3 is 0 Å². The fourth-order valence-electron chi connectivity index (χ4n) is 2.69. The molecule has 6 heteroatoms. The average molecular weight is 333 g/mol. The Morgan fingerprint density at radius 3 is 2.96 bits per heavy atom. The summed E-state index contributed by atoms with van der Waals surface area (Å²) in [7, 11) is 0. The van der Waals surface area contributed by atoms with Gasteiger partial charge < -0.3 is 14.6 Å². The topological polar surface area (TPSA) is 62.6 Å². The molecule has 1 aliphatic rings. The number of likely N-dealkylation sites (tertiary alicyclic amines) is 1. The summed E-state index contributed by atoms with van der Waals surface area (Å²) in [5.74, 6) is 0.181. The molecule has 1 fully saturated rings. The molecule has 23 heavy (non-hydrogen) atoms. The SMILES string of the molecule is Cc1cc(Cl)ccc1NC(=O)C1CC(=O)N(Cc2ccco2)C1. The van der Waals surface area contributed by atoms with Gasteiger partial charge in [-0.25, -0.2) is 0 Å². The smallest absolute Gasteiger partial charge is 0.229 e. The van der Waals surface area contributed by atoms with Crippen LogP contribution < -0.4 is 5.32 Å². The highest BCUT2D eigenvalue weighted by atomic mass is 35.5. The second kappa shape index (κ2) is 6.46. The minimum absolute atomic E-state index is 0.0330. The van der Waals surface area contributed by atoms with Crippen molar-refractivity contribution < 1.29 is 14.0 Å². The number of aryl methyl sites for hydroxylation is 1. The molecular formula is C17H17ClN2O3. The lowest BCUT2D eigenvalue weighted by atomic mass is 10.1. The maximum atomic E-state index is 12.4. The van der Waals surface area contributed by atoms with Crippen LogP contribution in [0, 0.1) is 12.8 Å². The first-order chi connectivity index (χ1) is 11.0. The molecule has 2 aromatic rings. The lowest BCUT2D eigenvalue weighted by Crippen LogP contribution is -2.28. The number of furan rings is 1. The zero-order valence-corrected chi connectivity index (χ0v) is 13.5. The highest BCUT2D eigenvalue weighted by Gasteiger charge is 2.34. The normalized spacial score (nSPS) is 17.6. The lowest BCUT2D eigenvalue weighted by Gasteiger charge is -2.15. The minimum atomic E-state index is -0.354. The van der Waals surface area contributed by atoms with E-state index in [1.807, 2.05) is 13.0 Å². The van der Waals surface area contributed by atoms with Crippen LogP contribution in [0.2, 0.25) is 5.02 Å². The molecule has 0 aliphatic carbocycles. The van der Waals surface area contributed by atoms with Gasteiger partial charge in [-0.15, -0.1) is 0 Å². The number of carbonyl (C=O) groups is 2. The van der Waals surface area contributed by atoms with Crippen LogP contribution in [0.4, 0.5) is 5.69 Å². The summed E-state index contributed by atoms with van der Waals surface area (Å²) < 4.78 is 5.26. The Morgan fingerprint density at radius 2 is 2.26 bits per heavy atom. The summed E-state index contributed by atoms with van der Waals surface area (Å²) in [6.07, 6.45) is 1.79. The molecule has 0 saturated carbocycles. The van der Waals surface area contributed by atoms with E-state index in [0.29, 0.717) is 23.9 Å². The van der Waals surface area contributed by atoms with Gasteiger partial charge in [0.1, 0.15) is 5.76 Å². The molecule has 2 heterocycles. The van der Waals surface area contributed by atoms with Gasteiger partial charge in [-0.3, -0.25) is 9.59 Å². The summed E-state index contributed by atoms with van der Waals surface area (Å²) in [5, 5.41) is 3.51. The van der Waals surface area contributed by atoms with Crippen LogP contribution in [-0.2, 0) is 16.1 Å². The molecule has 5 nitrogen and oxygen atoms in total. The van der Waals surface area contributed by atoms with E-state index in [9.17, 15) is 9.59 Å². The first-order valence-corrected chi connectivity index (χ1v) is 7.78. The zero-order chi connectivity index (χ0) is 16.4. The zero-order valence-electron chi connectivity index (χ0n) is 12.7. The van der Waals surface area contributed by atoms with E-state index < -0.39 is 0 Å². The second-order valence-electron chi connectivity index (χ2n) is 5.70. The summed E-state index contributed by atoms with van der Waals surface area (Å²) in [6, 6.07) is 8.89. The van der Waals surface area contributed by atoms with Crippen molar-refractivity contribution in [2.45, 2.75) is 19.9 Å². The number of nitrogens with one attached hydrogen (secondary N) is 1. The summed E-state index contributed by atoms with van der Waals surface area (Å²) in [6.45, 7) is 2.68. The number of rotatable bonds is 4. The van der Waals surface area contributed by atoms with Crippen molar-refractivity contribution >= 4 is 29.1 Å². The Labute approximate surface area is 139 Å². The van der Waals surface area contributed by atoms with E-state index in [4.69, 9.17) is 16.0 Å². The Bertz CT molecular complexity index is 727. The number of halogens is 1. The molecule has 1 aliphatic heterocycles. The van der Waals surface area contributed by atoms with E-state index in [2.05, 4.69) is 5.32 Å². The van der Waals surface area contributed by atoms with Gasteiger partial charge in [0.2, 0.25) is 11.8 Å². The molecule has 3 rings (SSSR count). The van der Waals surface area contributed by atoms with Gasteiger partial charge in [0.05, 0.1) is 18.7 Å². The van der Waals surface area contributed by atoms with Gasteiger partial charge in [0, 0.05) is 23.7 Å². The van der Waals surface area contributed by atoms with Crippen molar-refractivity contribution in [3.05, 3.63) is 52.9 Å². The largest absolute Gasteiger partial charge is 0.467 e. The highest BCUT2D eigenvalue weighted by molar-refractivity contribution is 6.30. The molecule has 1 aromatic heterocycles. The molecule has 0 radical (unpaired) electrons. The Kier molecular flexibility index (Phi) is 4.39. The predicted octanol–water partition coefficient (Wildman–Crippen LogP) is 3.23. The average Bonchev–Trinajstić information content (AvgIpc) is 3.13. The predicted molar refractivity (Wildman–Crippen MR) is 87.1 cm³/mol. The molecular weight excluding hydrogens is 316 g/mol. The molecule has 0 spiro atoms. The van der Waals surface area contributed by atoms with Crippen molar-refractivity contribution in [2.24, 2.45) is 5.92 Å². The van der Waals surface area contributed by atoms with Gasteiger partial charge in [0.15, 0.2) is 0 Å². The number of benzene rings is 1. The number of carbonyl (C=O) groups excluding carboxylic acids is 2. The van der Waals surface area contributed by atoms with Crippen LogP contribution in [0.1, 0.15) is 17.7 Å². The number of hydrogen-bond donors (Lipinski definition) is 1. The van der Waals surface area contributed by atoms with Crippen LogP contribution in [-0.4, -0.2) is 23.3 Å². The van der Waals surface area contributed by atoms with E-state index in [0.717, 1.165) is 11.3 Å². The monoisotopic (exact) mass is 332 g/mol. The van der Waals surface area contributed by atoms with E-state index in [1.165, 1.54) is 0 Å². The van der Waals surface area contributed by atoms with Crippen LogP contribution in [0.3, 0.4) is 0 Å². The maximum Gasteiger partial charge on any atom is 0.229 e. The summed E-state index contributed by atoms with van der Waals surface area (Å²) >= 11 is 5.91. The lowest BCUT2D eigenvalue weighted by molar-refractivity contribution is -0.128. The van der Waals surface area contributed by atoms with Gasteiger partial charge in [-0.05, 0) is 42.8 Å². The molecule has 2 amide bonds. The van der Waals surface area contributed by atoms with Crippen LogP contribution in [0.5, 0.6) is 0 Å². The molecule has 1 atom stereocenters. The summed E-state index contributed by atoms with van der Waals surface area (Å²) in [4.78, 5) is 26.1. The maximum absolute atomic E-state index is 12.4. The third kappa shape index (κ3) is 3.56. The number of anilines is 1. The van der Waals surface area contributed by atoms with E-state index in [-0.39, 0.29) is 24.2 Å². The fraction of sp³-hybridized carbons (Fsp3) is 0.294. The van der Waals surface area contributed by atoms with E-state index in [1.54, 1.807) is 35.4 Å². The molecule has 0 bridgehead atoms. The molecule has 1 aromatic carbocycles. The molecule has 1 saturated heterocycles. The summed E-state index contributed by atoms with van der Waals surface area (Å²) in [5.41, 5.74) is 1.61. The quantitative estimate of drug-likeness (QED) is 0.935. The van der Waals surface area contributed by atoms with Gasteiger partial charge in [-0.2, -0.15) is 0 Å². The van der Waals surface area contributed by atoms with Crippen molar-refractivity contribution in [1.29, 1.82) is 0 Å². The molecule has 1 N–H and O–H groups in total. The third-order valence-corrected chi connectivity index (χ3v) is 4.19. The Balaban J connectivity index is 1.63. The van der Waals surface area contributed by atoms with Crippen molar-refractivity contribution in [3.8, 4) is 0 Å². The number of hydrogen-bond acceptors (Lipinski definition) is 3. The van der Waals surface area contributed by atoms with Crippen molar-refractivity contribution in [3.63, 3.8) is 0 Å². The highest BCUT2D eigenvalue weighted by Crippen LogP contribution is 2.24. The van der Waals surface area contributed by atoms with Crippen LogP contribution in [0.25, 0.3) is 0 Å². The van der Waals surface area contributed by atoms with E-state index >= 15 is 0 Å². The van der Waals surface area contributed by atoms with Gasteiger partial charge in [-0.1, -0.05) is 11.6 Å². The van der Waals surface area contributed by atoms with Crippen molar-refractivity contribution in [1.82, 2.24) is 4.90 Å². The molecule has 1 unspecified atom stereocenters. The molecule has 120 valence electrons. The third-order valence-electron chi connectivity index (χ3n) is 3.96. The van der Waals surface area contributed by atoms with Crippen LogP contribution in [0.15, 0.2) is 41.0 Å². The van der Waals surface area contributed by atoms with Crippen molar-refractivity contribution in [2.75, 3.05) is 11.9 Å². The fourth-order valence-corrected chi connectivity index (χ4v) is 2.92. The van der Waals surface area contributed by atoms with Gasteiger partial charge in [0.25, 0.3) is 0 Å². The van der Waals surface area contributed by atoms with Crippen LogP contribution >= 0.6 is 11.6 Å². The first-order valence-electron chi connectivity index (χ1n) is 7.40. The standard InChI is InChI=1S/C17H17ClN2O3/c1-11-7-13(18)4-5-15(11)19-17(22)12-8-16(21)20(9-12)10-14-3-2-6-23-14/h2-7,12H,8-10H2,1H3,(H,19,22). The second-order valence-corrected chi connectivity index (χ2v) is 6.14. The first kappa shape index (κ1) is 15.6.